The highest BCUT2D eigenvalue weighted by Gasteiger charge is 2.35. The first-order valence-electron chi connectivity index (χ1n) is 5.40. The monoisotopic (exact) mass is 239 g/mol. The van der Waals surface area contributed by atoms with Gasteiger partial charge in [0.05, 0.1) is 13.0 Å². The second-order valence-corrected chi connectivity index (χ2v) is 4.10. The lowest BCUT2D eigenvalue weighted by molar-refractivity contribution is -0.141. The van der Waals surface area contributed by atoms with E-state index in [1.54, 1.807) is 12.1 Å². The SMILES string of the molecule is COc1ccc(C2CNCC2C(=O)O)c(F)c1. The maximum absolute atomic E-state index is 13.8. The molecule has 1 aromatic carbocycles. The lowest BCUT2D eigenvalue weighted by Gasteiger charge is -2.16. The number of carbonyl (C=O) groups is 1. The fourth-order valence-electron chi connectivity index (χ4n) is 2.20. The highest BCUT2D eigenvalue weighted by atomic mass is 19.1. The van der Waals surface area contributed by atoms with Gasteiger partial charge in [-0.05, 0) is 11.6 Å². The second-order valence-electron chi connectivity index (χ2n) is 4.10. The molecule has 0 aliphatic carbocycles. The van der Waals surface area contributed by atoms with Gasteiger partial charge >= 0.3 is 5.97 Å². The average Bonchev–Trinajstić information content (AvgIpc) is 2.77. The van der Waals surface area contributed by atoms with Crippen LogP contribution in [0, 0.1) is 11.7 Å². The molecule has 1 fully saturated rings. The molecule has 1 aromatic rings. The van der Waals surface area contributed by atoms with Crippen LogP contribution in [0.5, 0.6) is 5.75 Å². The average molecular weight is 239 g/mol. The molecule has 0 aromatic heterocycles. The summed E-state index contributed by atoms with van der Waals surface area (Å²) < 4.78 is 18.7. The molecule has 0 radical (unpaired) electrons. The molecule has 1 aliphatic heterocycles. The largest absolute Gasteiger partial charge is 0.497 e. The van der Waals surface area contributed by atoms with Gasteiger partial charge in [0.1, 0.15) is 11.6 Å². The number of hydrogen-bond donors (Lipinski definition) is 2. The number of carboxylic acid groups (broad SMARTS) is 1. The molecule has 5 heteroatoms. The van der Waals surface area contributed by atoms with Gasteiger partial charge in [0.2, 0.25) is 0 Å². The predicted octanol–water partition coefficient (Wildman–Crippen LogP) is 1.22. The highest BCUT2D eigenvalue weighted by molar-refractivity contribution is 5.72. The van der Waals surface area contributed by atoms with Gasteiger partial charge in [0.25, 0.3) is 0 Å². The van der Waals surface area contributed by atoms with Crippen molar-refractivity contribution in [3.8, 4) is 5.75 Å². The van der Waals surface area contributed by atoms with Gasteiger partial charge in [-0.25, -0.2) is 4.39 Å². The van der Waals surface area contributed by atoms with Gasteiger partial charge in [-0.3, -0.25) is 4.79 Å². The standard InChI is InChI=1S/C12H14FNO3/c1-17-7-2-3-8(11(13)4-7)9-5-14-6-10(9)12(15)16/h2-4,9-10,14H,5-6H2,1H3,(H,15,16). The van der Waals surface area contributed by atoms with E-state index in [9.17, 15) is 9.18 Å². The van der Waals surface area contributed by atoms with Crippen molar-refractivity contribution in [1.29, 1.82) is 0 Å². The topological polar surface area (TPSA) is 58.6 Å². The molecule has 17 heavy (non-hydrogen) atoms. The molecule has 0 spiro atoms. The summed E-state index contributed by atoms with van der Waals surface area (Å²) in [6.45, 7) is 0.867. The summed E-state index contributed by atoms with van der Waals surface area (Å²) in [5, 5.41) is 12.0. The third kappa shape index (κ3) is 2.24. The number of carboxylic acids is 1. The summed E-state index contributed by atoms with van der Waals surface area (Å²) in [6, 6.07) is 4.53. The Hall–Kier alpha value is -1.62. The minimum Gasteiger partial charge on any atom is -0.497 e. The zero-order valence-electron chi connectivity index (χ0n) is 9.44. The smallest absolute Gasteiger partial charge is 0.308 e. The maximum Gasteiger partial charge on any atom is 0.308 e. The van der Waals surface area contributed by atoms with E-state index in [1.807, 2.05) is 0 Å². The number of halogens is 1. The number of ether oxygens (including phenoxy) is 1. The minimum atomic E-state index is -0.893. The summed E-state index contributed by atoms with van der Waals surface area (Å²) in [5.41, 5.74) is 0.434. The summed E-state index contributed by atoms with van der Waals surface area (Å²) in [7, 11) is 1.46. The fraction of sp³-hybridized carbons (Fsp3) is 0.417. The van der Waals surface area contributed by atoms with Gasteiger partial charge in [-0.15, -0.1) is 0 Å². The molecule has 1 aliphatic rings. The van der Waals surface area contributed by atoms with E-state index in [4.69, 9.17) is 9.84 Å². The van der Waals surface area contributed by atoms with E-state index in [1.165, 1.54) is 13.2 Å². The molecule has 0 amide bonds. The number of hydrogen-bond acceptors (Lipinski definition) is 3. The van der Waals surface area contributed by atoms with Crippen LogP contribution < -0.4 is 10.1 Å². The first-order valence-corrected chi connectivity index (χ1v) is 5.40. The Morgan fingerprint density at radius 1 is 1.53 bits per heavy atom. The van der Waals surface area contributed by atoms with Crippen molar-refractivity contribution in [2.45, 2.75) is 5.92 Å². The second kappa shape index (κ2) is 4.71. The summed E-state index contributed by atoms with van der Waals surface area (Å²) >= 11 is 0. The van der Waals surface area contributed by atoms with E-state index in [-0.39, 0.29) is 5.92 Å². The first kappa shape index (κ1) is 11.9. The molecule has 4 nitrogen and oxygen atoms in total. The number of nitrogens with one attached hydrogen (secondary N) is 1. The molecular formula is C12H14FNO3. The van der Waals surface area contributed by atoms with Gasteiger partial charge in [-0.2, -0.15) is 0 Å². The van der Waals surface area contributed by atoms with E-state index >= 15 is 0 Å². The summed E-state index contributed by atoms with van der Waals surface area (Å²) in [5.74, 6) is -1.76. The normalized spacial score (nSPS) is 23.6. The van der Waals surface area contributed by atoms with Gasteiger partial charge < -0.3 is 15.2 Å². The molecule has 0 bridgehead atoms. The number of aliphatic carboxylic acids is 1. The van der Waals surface area contributed by atoms with Crippen LogP contribution in [-0.4, -0.2) is 31.3 Å². The van der Waals surface area contributed by atoms with Crippen LogP contribution in [0.4, 0.5) is 4.39 Å². The van der Waals surface area contributed by atoms with Crippen molar-refractivity contribution in [3.63, 3.8) is 0 Å². The van der Waals surface area contributed by atoms with Crippen LogP contribution in [0.15, 0.2) is 18.2 Å². The number of methoxy groups -OCH3 is 1. The van der Waals surface area contributed by atoms with Crippen LogP contribution in [0.2, 0.25) is 0 Å². The molecule has 2 atom stereocenters. The van der Waals surface area contributed by atoms with E-state index in [0.29, 0.717) is 24.4 Å². The van der Waals surface area contributed by atoms with Gasteiger partial charge in [0.15, 0.2) is 0 Å². The molecule has 2 unspecified atom stereocenters. The van der Waals surface area contributed by atoms with E-state index in [0.717, 1.165) is 0 Å². The first-order chi connectivity index (χ1) is 8.13. The van der Waals surface area contributed by atoms with Crippen molar-refractivity contribution in [1.82, 2.24) is 5.32 Å². The zero-order valence-corrected chi connectivity index (χ0v) is 9.44. The van der Waals surface area contributed by atoms with Crippen LogP contribution in [0.3, 0.4) is 0 Å². The lowest BCUT2D eigenvalue weighted by Crippen LogP contribution is -2.21. The van der Waals surface area contributed by atoms with Crippen molar-refractivity contribution in [2.75, 3.05) is 20.2 Å². The molecule has 1 heterocycles. The van der Waals surface area contributed by atoms with E-state index in [2.05, 4.69) is 5.32 Å². The quantitative estimate of drug-likeness (QED) is 0.832. The Bertz CT molecular complexity index is 436. The molecular weight excluding hydrogens is 225 g/mol. The van der Waals surface area contributed by atoms with E-state index < -0.39 is 17.7 Å². The summed E-state index contributed by atoms with van der Waals surface area (Å²) in [4.78, 5) is 11.0. The molecule has 92 valence electrons. The number of benzene rings is 1. The number of rotatable bonds is 3. The molecule has 2 N–H and O–H groups in total. The summed E-state index contributed by atoms with van der Waals surface area (Å²) in [6.07, 6.45) is 0. The predicted molar refractivity (Wildman–Crippen MR) is 59.7 cm³/mol. The zero-order chi connectivity index (χ0) is 12.4. The van der Waals surface area contributed by atoms with Crippen LogP contribution in [-0.2, 0) is 4.79 Å². The van der Waals surface area contributed by atoms with Gasteiger partial charge in [-0.1, -0.05) is 6.07 Å². The Kier molecular flexibility index (Phi) is 3.28. The van der Waals surface area contributed by atoms with Crippen molar-refractivity contribution in [2.24, 2.45) is 5.92 Å². The third-order valence-electron chi connectivity index (χ3n) is 3.14. The Morgan fingerprint density at radius 3 is 2.88 bits per heavy atom. The Labute approximate surface area is 98.4 Å². The van der Waals surface area contributed by atoms with Crippen LogP contribution >= 0.6 is 0 Å². The fourth-order valence-corrected chi connectivity index (χ4v) is 2.20. The Balaban J connectivity index is 2.30. The maximum atomic E-state index is 13.8. The molecule has 1 saturated heterocycles. The molecule has 0 saturated carbocycles. The lowest BCUT2D eigenvalue weighted by atomic mass is 9.88. The highest BCUT2D eigenvalue weighted by Crippen LogP contribution is 2.31. The Morgan fingerprint density at radius 2 is 2.29 bits per heavy atom. The van der Waals surface area contributed by atoms with Crippen LogP contribution in [0.25, 0.3) is 0 Å². The van der Waals surface area contributed by atoms with Crippen LogP contribution in [0.1, 0.15) is 11.5 Å². The van der Waals surface area contributed by atoms with Crippen molar-refractivity contribution >= 4 is 5.97 Å². The third-order valence-corrected chi connectivity index (χ3v) is 3.14. The van der Waals surface area contributed by atoms with Crippen molar-refractivity contribution < 1.29 is 19.0 Å². The minimum absolute atomic E-state index is 0.321. The molecule has 2 rings (SSSR count). The van der Waals surface area contributed by atoms with Crippen molar-refractivity contribution in [3.05, 3.63) is 29.6 Å². The van der Waals surface area contributed by atoms with Gasteiger partial charge in [0, 0.05) is 25.1 Å².